The summed E-state index contributed by atoms with van der Waals surface area (Å²) in [4.78, 5) is 12.5. The van der Waals surface area contributed by atoms with E-state index in [1.807, 2.05) is 6.92 Å². The molecule has 0 saturated carbocycles. The van der Waals surface area contributed by atoms with Crippen LogP contribution in [0.25, 0.3) is 5.69 Å². The van der Waals surface area contributed by atoms with Crippen molar-refractivity contribution in [3.8, 4) is 5.69 Å². The van der Waals surface area contributed by atoms with Crippen molar-refractivity contribution in [2.45, 2.75) is 13.5 Å². The van der Waals surface area contributed by atoms with Crippen molar-refractivity contribution >= 4 is 17.2 Å². The highest BCUT2D eigenvalue weighted by Gasteiger charge is 2.14. The van der Waals surface area contributed by atoms with Crippen molar-refractivity contribution in [3.63, 3.8) is 0 Å². The Kier molecular flexibility index (Phi) is 3.76. The molecule has 2 heterocycles. The highest BCUT2D eigenvalue weighted by Crippen LogP contribution is 2.24. The Labute approximate surface area is 112 Å². The molecule has 19 heavy (non-hydrogen) atoms. The van der Waals surface area contributed by atoms with Crippen LogP contribution < -0.4 is 11.4 Å². The molecule has 0 aliphatic carbocycles. The standard InChI is InChI=1S/C10H12N6O2S/c1-6-7(4-18-9(12)2-3-11)8(5-19-6)16-10(17)13-14-15-16/h2-3,5,12H,4,11H2,1H3,(H,13,15,17)/b3-2-,12-9?. The molecule has 2 rings (SSSR count). The zero-order chi connectivity index (χ0) is 13.8. The zero-order valence-corrected chi connectivity index (χ0v) is 10.9. The number of nitrogens with two attached hydrogens (primary N) is 1. The summed E-state index contributed by atoms with van der Waals surface area (Å²) in [6, 6.07) is 0. The molecular formula is C10H12N6O2S. The van der Waals surface area contributed by atoms with Crippen LogP contribution in [0.4, 0.5) is 0 Å². The number of aromatic amines is 1. The summed E-state index contributed by atoms with van der Waals surface area (Å²) in [5.74, 6) is -0.0495. The maximum Gasteiger partial charge on any atom is 0.365 e. The molecule has 0 radical (unpaired) electrons. The maximum absolute atomic E-state index is 11.5. The summed E-state index contributed by atoms with van der Waals surface area (Å²) in [6.07, 6.45) is 2.56. The van der Waals surface area contributed by atoms with Gasteiger partial charge in [-0.2, -0.15) is 4.68 Å². The number of aromatic nitrogens is 4. The van der Waals surface area contributed by atoms with Gasteiger partial charge in [-0.1, -0.05) is 0 Å². The number of thiophene rings is 1. The zero-order valence-electron chi connectivity index (χ0n) is 10.1. The Hall–Kier alpha value is -2.42. The highest BCUT2D eigenvalue weighted by molar-refractivity contribution is 7.10. The SMILES string of the molecule is Cc1scc(-n2nn[nH]c2=O)c1COC(=N)/C=C\N. The predicted octanol–water partition coefficient (Wildman–Crippen LogP) is 0.292. The van der Waals surface area contributed by atoms with Crippen molar-refractivity contribution in [1.29, 1.82) is 5.41 Å². The molecule has 0 aliphatic heterocycles. The van der Waals surface area contributed by atoms with E-state index in [-0.39, 0.29) is 12.5 Å². The van der Waals surface area contributed by atoms with Gasteiger partial charge in [0.2, 0.25) is 5.90 Å². The van der Waals surface area contributed by atoms with Crippen molar-refractivity contribution in [2.75, 3.05) is 0 Å². The van der Waals surface area contributed by atoms with E-state index >= 15 is 0 Å². The first-order valence-electron chi connectivity index (χ1n) is 5.31. The van der Waals surface area contributed by atoms with Crippen molar-refractivity contribution in [3.05, 3.63) is 38.6 Å². The van der Waals surface area contributed by atoms with Crippen LogP contribution in [0.2, 0.25) is 0 Å². The highest BCUT2D eigenvalue weighted by atomic mass is 32.1. The quantitative estimate of drug-likeness (QED) is 0.548. The molecule has 0 unspecified atom stereocenters. The Bertz CT molecular complexity index is 668. The number of hydrogen-bond acceptors (Lipinski definition) is 7. The molecular weight excluding hydrogens is 268 g/mol. The van der Waals surface area contributed by atoms with Gasteiger partial charge in [-0.05, 0) is 23.6 Å². The van der Waals surface area contributed by atoms with Gasteiger partial charge in [0, 0.05) is 21.9 Å². The number of aryl methyl sites for hydroxylation is 1. The van der Waals surface area contributed by atoms with E-state index in [1.54, 1.807) is 5.38 Å². The number of hydrogen-bond donors (Lipinski definition) is 3. The van der Waals surface area contributed by atoms with Crippen molar-refractivity contribution in [1.82, 2.24) is 20.2 Å². The number of nitrogens with one attached hydrogen (secondary N) is 2. The molecule has 0 spiro atoms. The third-order valence-corrected chi connectivity index (χ3v) is 3.34. The summed E-state index contributed by atoms with van der Waals surface area (Å²) in [7, 11) is 0. The van der Waals surface area contributed by atoms with Crippen LogP contribution in [0, 0.1) is 12.3 Å². The van der Waals surface area contributed by atoms with E-state index in [9.17, 15) is 4.79 Å². The second-order valence-corrected chi connectivity index (χ2v) is 4.67. The fraction of sp³-hybridized carbons (Fsp3) is 0.200. The van der Waals surface area contributed by atoms with Crippen LogP contribution in [-0.4, -0.2) is 26.1 Å². The Morgan fingerprint density at radius 1 is 1.74 bits per heavy atom. The van der Waals surface area contributed by atoms with Crippen LogP contribution in [0.1, 0.15) is 10.4 Å². The monoisotopic (exact) mass is 280 g/mol. The third-order valence-electron chi connectivity index (χ3n) is 2.40. The van der Waals surface area contributed by atoms with Crippen LogP contribution in [0.3, 0.4) is 0 Å². The smallest absolute Gasteiger partial charge is 0.365 e. The number of rotatable bonds is 4. The molecule has 4 N–H and O–H groups in total. The van der Waals surface area contributed by atoms with E-state index in [1.165, 1.54) is 23.6 Å². The number of H-pyrrole nitrogens is 1. The van der Waals surface area contributed by atoms with Gasteiger partial charge in [0.1, 0.15) is 6.61 Å². The lowest BCUT2D eigenvalue weighted by molar-refractivity contribution is 0.292. The van der Waals surface area contributed by atoms with Gasteiger partial charge in [0.25, 0.3) is 0 Å². The molecule has 8 nitrogen and oxygen atoms in total. The summed E-state index contributed by atoms with van der Waals surface area (Å²) >= 11 is 1.47. The first-order valence-corrected chi connectivity index (χ1v) is 6.18. The Morgan fingerprint density at radius 2 is 2.53 bits per heavy atom. The normalized spacial score (nSPS) is 11.0. The summed E-state index contributed by atoms with van der Waals surface area (Å²) in [5.41, 5.74) is 6.14. The molecule has 0 amide bonds. The van der Waals surface area contributed by atoms with Gasteiger partial charge in [-0.3, -0.25) is 5.41 Å². The van der Waals surface area contributed by atoms with Gasteiger partial charge < -0.3 is 10.5 Å². The van der Waals surface area contributed by atoms with Gasteiger partial charge >= 0.3 is 5.69 Å². The van der Waals surface area contributed by atoms with E-state index in [4.69, 9.17) is 15.9 Å². The molecule has 2 aromatic heterocycles. The average molecular weight is 280 g/mol. The topological polar surface area (TPSA) is 123 Å². The van der Waals surface area contributed by atoms with Gasteiger partial charge in [0.05, 0.1) is 5.69 Å². The third kappa shape index (κ3) is 2.71. The summed E-state index contributed by atoms with van der Waals surface area (Å²) in [6.45, 7) is 2.06. The lowest BCUT2D eigenvalue weighted by atomic mass is 10.2. The maximum atomic E-state index is 11.5. The largest absolute Gasteiger partial charge is 0.473 e. The molecule has 0 fully saturated rings. The Morgan fingerprint density at radius 3 is 3.16 bits per heavy atom. The summed E-state index contributed by atoms with van der Waals surface area (Å²) in [5, 5.41) is 18.6. The first-order chi connectivity index (χ1) is 9.13. The first kappa shape index (κ1) is 13.0. The molecule has 100 valence electrons. The van der Waals surface area contributed by atoms with Crippen molar-refractivity contribution in [2.24, 2.45) is 5.73 Å². The molecule has 9 heteroatoms. The minimum Gasteiger partial charge on any atom is -0.473 e. The van der Waals surface area contributed by atoms with Crippen LogP contribution in [-0.2, 0) is 11.3 Å². The number of ether oxygens (including phenoxy) is 1. The predicted molar refractivity (Wildman–Crippen MR) is 70.4 cm³/mol. The molecule has 0 aliphatic rings. The second kappa shape index (κ2) is 5.48. The van der Waals surface area contributed by atoms with Gasteiger partial charge in [-0.15, -0.1) is 11.3 Å². The minimum atomic E-state index is -0.420. The van der Waals surface area contributed by atoms with Crippen LogP contribution in [0.15, 0.2) is 22.5 Å². The van der Waals surface area contributed by atoms with Crippen LogP contribution in [0.5, 0.6) is 0 Å². The van der Waals surface area contributed by atoms with Crippen molar-refractivity contribution < 1.29 is 4.74 Å². The average Bonchev–Trinajstić information content (AvgIpc) is 2.93. The van der Waals surface area contributed by atoms with E-state index < -0.39 is 5.69 Å². The van der Waals surface area contributed by atoms with Gasteiger partial charge in [0.15, 0.2) is 0 Å². The van der Waals surface area contributed by atoms with E-state index in [2.05, 4.69) is 15.5 Å². The summed E-state index contributed by atoms with van der Waals surface area (Å²) < 4.78 is 6.39. The second-order valence-electron chi connectivity index (χ2n) is 3.59. The van der Waals surface area contributed by atoms with E-state index in [0.717, 1.165) is 15.1 Å². The molecule has 0 aromatic carbocycles. The molecule has 0 atom stereocenters. The van der Waals surface area contributed by atoms with Crippen LogP contribution >= 0.6 is 11.3 Å². The molecule has 2 aromatic rings. The number of tetrazole rings is 1. The molecule has 0 bridgehead atoms. The number of nitrogens with zero attached hydrogens (tertiary/aromatic N) is 3. The van der Waals surface area contributed by atoms with Gasteiger partial charge in [-0.25, -0.2) is 9.89 Å². The lowest BCUT2D eigenvalue weighted by Crippen LogP contribution is -2.17. The lowest BCUT2D eigenvalue weighted by Gasteiger charge is -2.06. The van der Waals surface area contributed by atoms with E-state index in [0.29, 0.717) is 5.69 Å². The fourth-order valence-electron chi connectivity index (χ4n) is 1.46. The Balaban J connectivity index is 2.26. The fourth-order valence-corrected chi connectivity index (χ4v) is 2.30. The minimum absolute atomic E-state index is 0.0495. The molecule has 0 saturated heterocycles.